The molecule has 4 nitrogen and oxygen atoms in total. The quantitative estimate of drug-likeness (QED) is 0.871. The lowest BCUT2D eigenvalue weighted by Gasteiger charge is -2.16. The van der Waals surface area contributed by atoms with Crippen LogP contribution >= 0.6 is 0 Å². The Kier molecular flexibility index (Phi) is 4.25. The van der Waals surface area contributed by atoms with Crippen molar-refractivity contribution in [2.24, 2.45) is 0 Å². The molecule has 1 fully saturated rings. The van der Waals surface area contributed by atoms with E-state index in [1.807, 2.05) is 12.1 Å². The van der Waals surface area contributed by atoms with Crippen molar-refractivity contribution in [3.05, 3.63) is 35.9 Å². The first-order valence-electron chi connectivity index (χ1n) is 7.69. The third kappa shape index (κ3) is 3.85. The highest BCUT2D eigenvalue weighted by Gasteiger charge is 2.26. The van der Waals surface area contributed by atoms with Gasteiger partial charge in [-0.25, -0.2) is 0 Å². The Bertz CT molecular complexity index is 532. The van der Waals surface area contributed by atoms with Gasteiger partial charge in [0.15, 0.2) is 6.10 Å². The Balaban J connectivity index is 1.58. The molecule has 1 heterocycles. The molecule has 0 saturated heterocycles. The molecule has 0 radical (unpaired) electrons. The van der Waals surface area contributed by atoms with Crippen molar-refractivity contribution < 1.29 is 9.53 Å². The number of hydrogen-bond acceptors (Lipinski definition) is 3. The summed E-state index contributed by atoms with van der Waals surface area (Å²) in [6.45, 7) is 3.76. The van der Waals surface area contributed by atoms with Crippen molar-refractivity contribution in [3.63, 3.8) is 0 Å². The second-order valence-corrected chi connectivity index (χ2v) is 5.75. The summed E-state index contributed by atoms with van der Waals surface area (Å²) in [5.41, 5.74) is 2.61. The smallest absolute Gasteiger partial charge is 0.260 e. The van der Waals surface area contributed by atoms with Crippen molar-refractivity contribution in [1.82, 2.24) is 10.6 Å². The minimum absolute atomic E-state index is 0.0253. The van der Waals surface area contributed by atoms with Crippen LogP contribution in [-0.4, -0.2) is 31.1 Å². The number of carbonyl (C=O) groups is 1. The lowest BCUT2D eigenvalue weighted by molar-refractivity contribution is -0.127. The molecular formula is C17H22N2O2. The first-order valence-corrected chi connectivity index (χ1v) is 7.69. The normalized spacial score (nSPS) is 19.6. The predicted octanol–water partition coefficient (Wildman–Crippen LogP) is 2.11. The number of benzene rings is 1. The summed E-state index contributed by atoms with van der Waals surface area (Å²) < 4.78 is 5.70. The summed E-state index contributed by atoms with van der Waals surface area (Å²) in [7, 11) is 0. The summed E-state index contributed by atoms with van der Waals surface area (Å²) in [4.78, 5) is 11.9. The molecule has 3 rings (SSSR count). The van der Waals surface area contributed by atoms with Crippen LogP contribution in [0.15, 0.2) is 30.3 Å². The summed E-state index contributed by atoms with van der Waals surface area (Å²) in [5, 5.41) is 6.27. The zero-order chi connectivity index (χ0) is 14.7. The summed E-state index contributed by atoms with van der Waals surface area (Å²) in [6, 6.07) is 8.39. The summed E-state index contributed by atoms with van der Waals surface area (Å²) >= 11 is 0. The topological polar surface area (TPSA) is 50.4 Å². The average Bonchev–Trinajstić information content (AvgIpc) is 3.33. The summed E-state index contributed by atoms with van der Waals surface area (Å²) in [6.07, 6.45) is 5.02. The van der Waals surface area contributed by atoms with Crippen molar-refractivity contribution in [2.45, 2.75) is 38.3 Å². The fourth-order valence-corrected chi connectivity index (χ4v) is 2.44. The maximum Gasteiger partial charge on any atom is 0.260 e. The molecule has 1 atom stereocenters. The number of rotatable bonds is 5. The van der Waals surface area contributed by atoms with Crippen LogP contribution in [-0.2, 0) is 4.79 Å². The van der Waals surface area contributed by atoms with Gasteiger partial charge in [-0.2, -0.15) is 0 Å². The number of ether oxygens (including phenoxy) is 1. The Morgan fingerprint density at radius 2 is 2.10 bits per heavy atom. The molecule has 1 aromatic rings. The van der Waals surface area contributed by atoms with E-state index in [0.717, 1.165) is 38.1 Å². The molecule has 1 unspecified atom stereocenters. The number of carbonyl (C=O) groups excluding carboxylic acids is 1. The molecule has 1 saturated carbocycles. The third-order valence-electron chi connectivity index (χ3n) is 3.89. The molecule has 112 valence electrons. The molecule has 2 aliphatic rings. The van der Waals surface area contributed by atoms with E-state index in [1.54, 1.807) is 6.92 Å². The molecule has 1 aliphatic heterocycles. The van der Waals surface area contributed by atoms with Crippen molar-refractivity contribution in [3.8, 4) is 5.75 Å². The highest BCUT2D eigenvalue weighted by atomic mass is 16.5. The highest BCUT2D eigenvalue weighted by Crippen LogP contribution is 2.23. The fourth-order valence-electron chi connectivity index (χ4n) is 2.44. The van der Waals surface area contributed by atoms with E-state index >= 15 is 0 Å². The second kappa shape index (κ2) is 6.31. The Hall–Kier alpha value is -1.81. The molecule has 1 amide bonds. The van der Waals surface area contributed by atoms with E-state index in [4.69, 9.17) is 4.74 Å². The zero-order valence-electron chi connectivity index (χ0n) is 12.4. The number of amides is 1. The lowest BCUT2D eigenvalue weighted by atomic mass is 10.0. The molecule has 21 heavy (non-hydrogen) atoms. The van der Waals surface area contributed by atoms with E-state index in [2.05, 4.69) is 28.8 Å². The van der Waals surface area contributed by atoms with Crippen LogP contribution in [0.1, 0.15) is 31.7 Å². The van der Waals surface area contributed by atoms with Gasteiger partial charge in [0.1, 0.15) is 5.75 Å². The van der Waals surface area contributed by atoms with Crippen molar-refractivity contribution >= 4 is 11.5 Å². The van der Waals surface area contributed by atoms with Crippen LogP contribution in [0, 0.1) is 0 Å². The Morgan fingerprint density at radius 1 is 1.33 bits per heavy atom. The fraction of sp³-hybridized carbons (Fsp3) is 0.471. The van der Waals surface area contributed by atoms with Crippen LogP contribution in [0.4, 0.5) is 0 Å². The van der Waals surface area contributed by atoms with Gasteiger partial charge in [-0.3, -0.25) is 4.79 Å². The Labute approximate surface area is 125 Å². The summed E-state index contributed by atoms with van der Waals surface area (Å²) in [5.74, 6) is 0.717. The number of nitrogens with one attached hydrogen (secondary N) is 2. The zero-order valence-corrected chi connectivity index (χ0v) is 12.4. The van der Waals surface area contributed by atoms with E-state index in [9.17, 15) is 4.79 Å². The lowest BCUT2D eigenvalue weighted by Crippen LogP contribution is -2.37. The molecule has 0 aromatic heterocycles. The Morgan fingerprint density at radius 3 is 2.71 bits per heavy atom. The van der Waals surface area contributed by atoms with Crippen molar-refractivity contribution in [1.29, 1.82) is 0 Å². The van der Waals surface area contributed by atoms with Gasteiger partial charge in [0.25, 0.3) is 5.91 Å². The highest BCUT2D eigenvalue weighted by molar-refractivity contribution is 5.81. The second-order valence-electron chi connectivity index (χ2n) is 5.75. The van der Waals surface area contributed by atoms with E-state index in [0.29, 0.717) is 6.04 Å². The van der Waals surface area contributed by atoms with Gasteiger partial charge in [-0.15, -0.1) is 0 Å². The van der Waals surface area contributed by atoms with Gasteiger partial charge in [-0.1, -0.05) is 18.2 Å². The minimum atomic E-state index is -0.449. The molecule has 4 heteroatoms. The number of hydrogen-bond donors (Lipinski definition) is 2. The predicted molar refractivity (Wildman–Crippen MR) is 83.2 cm³/mol. The average molecular weight is 286 g/mol. The van der Waals surface area contributed by atoms with Gasteiger partial charge in [0, 0.05) is 12.6 Å². The van der Waals surface area contributed by atoms with Gasteiger partial charge >= 0.3 is 0 Å². The van der Waals surface area contributed by atoms with Gasteiger partial charge in [0.2, 0.25) is 0 Å². The van der Waals surface area contributed by atoms with Crippen LogP contribution in [0.3, 0.4) is 0 Å². The van der Waals surface area contributed by atoms with Gasteiger partial charge in [0.05, 0.1) is 0 Å². The first kappa shape index (κ1) is 14.1. The third-order valence-corrected chi connectivity index (χ3v) is 3.89. The van der Waals surface area contributed by atoms with Crippen LogP contribution < -0.4 is 15.4 Å². The van der Waals surface area contributed by atoms with Gasteiger partial charge < -0.3 is 15.4 Å². The molecular weight excluding hydrogens is 264 g/mol. The SMILES string of the molecule is CC(Oc1ccc(C2=CCNCC2)cc1)C(=O)NC1CC1. The molecule has 2 N–H and O–H groups in total. The molecule has 0 spiro atoms. The van der Waals surface area contributed by atoms with Crippen LogP contribution in [0.5, 0.6) is 5.75 Å². The van der Waals surface area contributed by atoms with Gasteiger partial charge in [-0.05, 0) is 56.0 Å². The van der Waals surface area contributed by atoms with Crippen LogP contribution in [0.25, 0.3) is 5.57 Å². The van der Waals surface area contributed by atoms with E-state index in [-0.39, 0.29) is 5.91 Å². The molecule has 1 aliphatic carbocycles. The molecule has 0 bridgehead atoms. The van der Waals surface area contributed by atoms with E-state index < -0.39 is 6.10 Å². The minimum Gasteiger partial charge on any atom is -0.481 e. The van der Waals surface area contributed by atoms with Crippen LogP contribution in [0.2, 0.25) is 0 Å². The van der Waals surface area contributed by atoms with Crippen molar-refractivity contribution in [2.75, 3.05) is 13.1 Å². The maximum atomic E-state index is 11.9. The van der Waals surface area contributed by atoms with E-state index in [1.165, 1.54) is 11.1 Å². The monoisotopic (exact) mass is 286 g/mol. The largest absolute Gasteiger partial charge is 0.481 e. The maximum absolute atomic E-state index is 11.9. The first-order chi connectivity index (χ1) is 10.2. The standard InChI is InChI=1S/C17H22N2O2/c1-12(17(20)19-15-4-5-15)21-16-6-2-13(3-7-16)14-8-10-18-11-9-14/h2-3,6-8,12,15,18H,4-5,9-11H2,1H3,(H,19,20). The molecule has 1 aromatic carbocycles.